The molecule has 2 aromatic rings. The maximum atomic E-state index is 9.37. The number of rotatable bonds is 4. The molecule has 0 fully saturated rings. The zero-order valence-electron chi connectivity index (χ0n) is 16.8. The van der Waals surface area contributed by atoms with E-state index in [2.05, 4.69) is 36.3 Å². The Kier molecular flexibility index (Phi) is 9.34. The normalized spacial score (nSPS) is 15.0. The van der Waals surface area contributed by atoms with E-state index < -0.39 is 5.97 Å². The van der Waals surface area contributed by atoms with Crippen molar-refractivity contribution in [2.75, 3.05) is 11.9 Å². The summed E-state index contributed by atoms with van der Waals surface area (Å²) >= 11 is 13.9. The van der Waals surface area contributed by atoms with E-state index in [1.54, 1.807) is 18.7 Å². The highest BCUT2D eigenvalue weighted by Gasteiger charge is 2.19. The van der Waals surface area contributed by atoms with Gasteiger partial charge in [-0.2, -0.15) is 0 Å². The highest BCUT2D eigenvalue weighted by Crippen LogP contribution is 2.43. The van der Waals surface area contributed by atoms with Crippen LogP contribution in [0.5, 0.6) is 0 Å². The number of nitrogens with zero attached hydrogens (tertiary/aromatic N) is 1. The number of pyridine rings is 1. The number of allylic oxidation sites excluding steroid dienone is 1. The summed E-state index contributed by atoms with van der Waals surface area (Å²) in [6, 6.07) is 7.85. The van der Waals surface area contributed by atoms with Crippen molar-refractivity contribution in [2.24, 2.45) is 0 Å². The number of fused-ring (bicyclic) bond motifs is 1. The van der Waals surface area contributed by atoms with E-state index in [9.17, 15) is 4.79 Å². The molecule has 0 bridgehead atoms. The first kappa shape index (κ1) is 23.6. The van der Waals surface area contributed by atoms with Gasteiger partial charge in [0.1, 0.15) is 0 Å². The van der Waals surface area contributed by atoms with Gasteiger partial charge in [-0.15, -0.1) is 0 Å². The molecule has 0 saturated heterocycles. The Hall–Kier alpha value is -1.69. The van der Waals surface area contributed by atoms with Crippen LogP contribution < -0.4 is 5.32 Å². The second-order valence-electron chi connectivity index (χ2n) is 6.84. The quantitative estimate of drug-likeness (QED) is 0.507. The van der Waals surface area contributed by atoms with E-state index in [-0.39, 0.29) is 6.42 Å². The van der Waals surface area contributed by atoms with Gasteiger partial charge in [-0.3, -0.25) is 9.78 Å². The van der Waals surface area contributed by atoms with Crippen LogP contribution in [-0.2, 0) is 4.79 Å². The van der Waals surface area contributed by atoms with Gasteiger partial charge >= 0.3 is 5.97 Å². The first-order valence-electron chi connectivity index (χ1n) is 9.61. The monoisotopic (exact) mass is 452 g/mol. The van der Waals surface area contributed by atoms with E-state index in [0.29, 0.717) is 16.0 Å². The number of thioether (sulfide) groups is 1. The van der Waals surface area contributed by atoms with Gasteiger partial charge in [0.25, 0.3) is 0 Å². The molecule has 0 aliphatic carbocycles. The van der Waals surface area contributed by atoms with Gasteiger partial charge in [-0.05, 0) is 43.0 Å². The summed E-state index contributed by atoms with van der Waals surface area (Å²) in [5.74, 6) is -0.385. The maximum Gasteiger partial charge on any atom is 0.303 e. The molecule has 2 heterocycles. The Morgan fingerprint density at radius 2 is 2.00 bits per heavy atom. The summed E-state index contributed by atoms with van der Waals surface area (Å²) in [6.45, 7) is 6.95. The molecule has 0 saturated carbocycles. The number of hydrogen-bond acceptors (Lipinski definition) is 4. The third kappa shape index (κ3) is 6.95. The topological polar surface area (TPSA) is 62.2 Å². The average molecular weight is 453 g/mol. The molecule has 29 heavy (non-hydrogen) atoms. The number of carboxylic acids is 1. The minimum Gasteiger partial charge on any atom is -0.481 e. The highest BCUT2D eigenvalue weighted by atomic mass is 35.5. The lowest BCUT2D eigenvalue weighted by atomic mass is 10.00. The molecule has 1 aliphatic heterocycles. The lowest BCUT2D eigenvalue weighted by Crippen LogP contribution is -2.09. The molecule has 4 nitrogen and oxygen atoms in total. The second-order valence-corrected chi connectivity index (χ2v) is 8.77. The van der Waals surface area contributed by atoms with Crippen molar-refractivity contribution >= 4 is 51.5 Å². The maximum absolute atomic E-state index is 9.37. The SMILES string of the molecule is CC(C)c1nccc2c1/C(Sc1ccc(Cl)c(Cl)c1)=C/CCCN2.CCC(=O)O. The number of carboxylic acid groups (broad SMARTS) is 1. The van der Waals surface area contributed by atoms with E-state index in [1.165, 1.54) is 10.5 Å². The molecular weight excluding hydrogens is 427 g/mol. The minimum absolute atomic E-state index is 0.222. The molecule has 3 rings (SSSR count). The van der Waals surface area contributed by atoms with Crippen molar-refractivity contribution in [1.82, 2.24) is 4.98 Å². The second kappa shape index (κ2) is 11.5. The molecule has 2 N–H and O–H groups in total. The first-order valence-corrected chi connectivity index (χ1v) is 11.2. The van der Waals surface area contributed by atoms with Crippen LogP contribution in [0, 0.1) is 0 Å². The standard InChI is InChI=1S/C19H20Cl2N2S.C3H6O2/c1-12(2)19-18-16(8-10-23-19)22-9-4-3-5-17(18)24-13-6-7-14(20)15(21)11-13;1-2-3(4)5/h5-8,10-12,22H,3-4,9H2,1-2H3;2H2,1H3,(H,4,5)/b17-5-;. The van der Waals surface area contributed by atoms with Gasteiger partial charge in [-0.25, -0.2) is 0 Å². The molecular formula is C22H26Cl2N2O2S. The molecule has 1 aromatic heterocycles. The van der Waals surface area contributed by atoms with Gasteiger partial charge in [-0.1, -0.05) is 61.8 Å². The number of aromatic nitrogens is 1. The Morgan fingerprint density at radius 3 is 2.62 bits per heavy atom. The van der Waals surface area contributed by atoms with Gasteiger partial charge in [0, 0.05) is 40.2 Å². The van der Waals surface area contributed by atoms with E-state index in [4.69, 9.17) is 28.3 Å². The Balaban J connectivity index is 0.000000537. The van der Waals surface area contributed by atoms with Crippen LogP contribution >= 0.6 is 35.0 Å². The average Bonchev–Trinajstić information content (AvgIpc) is 2.67. The van der Waals surface area contributed by atoms with Crippen LogP contribution in [0.4, 0.5) is 5.69 Å². The summed E-state index contributed by atoms with van der Waals surface area (Å²) in [5, 5.41) is 12.4. The minimum atomic E-state index is -0.745. The van der Waals surface area contributed by atoms with Gasteiger partial charge in [0.2, 0.25) is 0 Å². The summed E-state index contributed by atoms with van der Waals surface area (Å²) in [4.78, 5) is 16.3. The highest BCUT2D eigenvalue weighted by molar-refractivity contribution is 8.08. The summed E-state index contributed by atoms with van der Waals surface area (Å²) < 4.78 is 0. The van der Waals surface area contributed by atoms with E-state index >= 15 is 0 Å². The molecule has 0 amide bonds. The Labute approximate surface area is 186 Å². The van der Waals surface area contributed by atoms with Crippen molar-refractivity contribution in [3.8, 4) is 0 Å². The number of halogens is 2. The number of hydrogen-bond donors (Lipinski definition) is 2. The van der Waals surface area contributed by atoms with Crippen LogP contribution in [0.2, 0.25) is 10.0 Å². The zero-order valence-corrected chi connectivity index (χ0v) is 19.2. The smallest absolute Gasteiger partial charge is 0.303 e. The largest absolute Gasteiger partial charge is 0.481 e. The van der Waals surface area contributed by atoms with Crippen molar-refractivity contribution in [2.45, 2.75) is 50.8 Å². The molecule has 0 radical (unpaired) electrons. The molecule has 0 unspecified atom stereocenters. The van der Waals surface area contributed by atoms with Crippen molar-refractivity contribution in [3.63, 3.8) is 0 Å². The lowest BCUT2D eigenvalue weighted by Gasteiger charge is -2.21. The zero-order chi connectivity index (χ0) is 21.4. The van der Waals surface area contributed by atoms with Gasteiger partial charge in [0.15, 0.2) is 0 Å². The predicted molar refractivity (Wildman–Crippen MR) is 124 cm³/mol. The number of anilines is 1. The van der Waals surface area contributed by atoms with Crippen LogP contribution in [0.25, 0.3) is 4.91 Å². The fraction of sp³-hybridized carbons (Fsp3) is 0.364. The molecule has 0 atom stereocenters. The van der Waals surface area contributed by atoms with Crippen molar-refractivity contribution in [3.05, 3.63) is 57.8 Å². The Morgan fingerprint density at radius 1 is 1.28 bits per heavy atom. The van der Waals surface area contributed by atoms with E-state index in [0.717, 1.165) is 35.7 Å². The third-order valence-electron chi connectivity index (χ3n) is 4.22. The van der Waals surface area contributed by atoms with Gasteiger partial charge in [0.05, 0.1) is 15.7 Å². The fourth-order valence-corrected chi connectivity index (χ4v) is 4.19. The van der Waals surface area contributed by atoms with Crippen LogP contribution in [0.1, 0.15) is 57.2 Å². The predicted octanol–water partition coefficient (Wildman–Crippen LogP) is 7.33. The summed E-state index contributed by atoms with van der Waals surface area (Å²) in [7, 11) is 0. The summed E-state index contributed by atoms with van der Waals surface area (Å²) in [6.07, 6.45) is 6.59. The number of benzene rings is 1. The number of nitrogens with one attached hydrogen (secondary N) is 1. The van der Waals surface area contributed by atoms with E-state index in [1.807, 2.05) is 24.4 Å². The first-order chi connectivity index (χ1) is 13.8. The van der Waals surface area contributed by atoms with Crippen LogP contribution in [-0.4, -0.2) is 22.6 Å². The molecule has 7 heteroatoms. The molecule has 1 aromatic carbocycles. The molecule has 0 spiro atoms. The van der Waals surface area contributed by atoms with Crippen molar-refractivity contribution < 1.29 is 9.90 Å². The molecule has 1 aliphatic rings. The van der Waals surface area contributed by atoms with Crippen LogP contribution in [0.15, 0.2) is 41.4 Å². The molecule has 156 valence electrons. The fourth-order valence-electron chi connectivity index (χ4n) is 2.74. The van der Waals surface area contributed by atoms with Gasteiger partial charge < -0.3 is 10.4 Å². The number of aliphatic carboxylic acids is 1. The number of carbonyl (C=O) groups is 1. The van der Waals surface area contributed by atoms with Crippen LogP contribution in [0.3, 0.4) is 0 Å². The summed E-state index contributed by atoms with van der Waals surface area (Å²) in [5.41, 5.74) is 3.50. The van der Waals surface area contributed by atoms with Crippen molar-refractivity contribution in [1.29, 1.82) is 0 Å². The Bertz CT molecular complexity index is 885. The lowest BCUT2D eigenvalue weighted by molar-refractivity contribution is -0.136. The third-order valence-corrected chi connectivity index (χ3v) is 6.04.